The molecule has 3 aromatic heterocycles. The number of aromatic carboxylic acids is 1. The molecule has 3 heterocycles. The molecule has 0 atom stereocenters. The molecule has 31 heavy (non-hydrogen) atoms. The van der Waals surface area contributed by atoms with Crippen LogP contribution >= 0.6 is 22.9 Å². The predicted octanol–water partition coefficient (Wildman–Crippen LogP) is 4.83. The Balaban J connectivity index is 1.46. The first-order valence-corrected chi connectivity index (χ1v) is 10.9. The van der Waals surface area contributed by atoms with Crippen LogP contribution in [0.4, 0.5) is 0 Å². The van der Waals surface area contributed by atoms with E-state index in [1.807, 2.05) is 0 Å². The summed E-state index contributed by atoms with van der Waals surface area (Å²) in [6.45, 7) is 0. The molecule has 0 aliphatic heterocycles. The van der Waals surface area contributed by atoms with E-state index in [9.17, 15) is 14.7 Å². The fourth-order valence-corrected chi connectivity index (χ4v) is 5.18. The van der Waals surface area contributed by atoms with E-state index in [0.29, 0.717) is 22.5 Å². The molecular weight excluding hydrogens is 438 g/mol. The molecule has 5 rings (SSSR count). The Labute approximate surface area is 185 Å². The van der Waals surface area contributed by atoms with Gasteiger partial charge in [0.1, 0.15) is 22.7 Å². The first kappa shape index (κ1) is 19.7. The lowest BCUT2D eigenvalue weighted by atomic mass is 9.97. The van der Waals surface area contributed by atoms with Gasteiger partial charge in [0.25, 0.3) is 5.56 Å². The highest BCUT2D eigenvalue weighted by Gasteiger charge is 2.20. The molecule has 156 valence electrons. The van der Waals surface area contributed by atoms with Crippen molar-refractivity contribution in [1.82, 2.24) is 9.66 Å². The molecule has 4 aromatic rings. The Morgan fingerprint density at radius 2 is 2.10 bits per heavy atom. The summed E-state index contributed by atoms with van der Waals surface area (Å²) in [5, 5.41) is 14.3. The van der Waals surface area contributed by atoms with Gasteiger partial charge in [0, 0.05) is 10.4 Å². The molecule has 0 fully saturated rings. The van der Waals surface area contributed by atoms with Crippen LogP contribution in [0.3, 0.4) is 0 Å². The maximum Gasteiger partial charge on any atom is 0.337 e. The lowest BCUT2D eigenvalue weighted by molar-refractivity contribution is 0.0697. The number of fused-ring (bicyclic) bond motifs is 3. The fourth-order valence-electron chi connectivity index (χ4n) is 3.76. The van der Waals surface area contributed by atoms with Crippen LogP contribution in [-0.2, 0) is 12.8 Å². The van der Waals surface area contributed by atoms with Gasteiger partial charge in [-0.3, -0.25) is 4.79 Å². The van der Waals surface area contributed by atoms with Crippen molar-refractivity contribution in [1.29, 1.82) is 0 Å². The quantitative estimate of drug-likeness (QED) is 0.446. The third kappa shape index (κ3) is 3.58. The second-order valence-electron chi connectivity index (χ2n) is 7.23. The number of carboxylic acids is 1. The van der Waals surface area contributed by atoms with Crippen molar-refractivity contribution in [3.8, 4) is 11.3 Å². The smallest absolute Gasteiger partial charge is 0.337 e. The topological polar surface area (TPSA) is 97.7 Å². The first-order chi connectivity index (χ1) is 15.0. The minimum Gasteiger partial charge on any atom is -0.478 e. The van der Waals surface area contributed by atoms with E-state index in [0.717, 1.165) is 36.1 Å². The van der Waals surface area contributed by atoms with Crippen LogP contribution in [0.1, 0.15) is 39.4 Å². The maximum absolute atomic E-state index is 13.0. The van der Waals surface area contributed by atoms with E-state index < -0.39 is 5.97 Å². The van der Waals surface area contributed by atoms with Crippen molar-refractivity contribution >= 4 is 45.3 Å². The van der Waals surface area contributed by atoms with Gasteiger partial charge < -0.3 is 9.52 Å². The van der Waals surface area contributed by atoms with Gasteiger partial charge in [-0.2, -0.15) is 9.78 Å². The number of benzene rings is 1. The number of rotatable bonds is 4. The highest BCUT2D eigenvalue weighted by molar-refractivity contribution is 7.18. The average molecular weight is 454 g/mol. The monoisotopic (exact) mass is 453 g/mol. The lowest BCUT2D eigenvalue weighted by Crippen LogP contribution is -2.17. The van der Waals surface area contributed by atoms with E-state index in [4.69, 9.17) is 16.0 Å². The summed E-state index contributed by atoms with van der Waals surface area (Å²) in [5.41, 5.74) is 1.50. The largest absolute Gasteiger partial charge is 0.478 e. The molecule has 1 N–H and O–H groups in total. The summed E-state index contributed by atoms with van der Waals surface area (Å²) in [7, 11) is 0. The van der Waals surface area contributed by atoms with Crippen molar-refractivity contribution in [2.75, 3.05) is 0 Å². The number of carbonyl (C=O) groups is 1. The molecule has 7 nitrogen and oxygen atoms in total. The molecule has 0 bridgehead atoms. The zero-order valence-electron chi connectivity index (χ0n) is 16.2. The molecule has 0 spiro atoms. The molecule has 0 saturated heterocycles. The number of nitrogens with zero attached hydrogens (tertiary/aromatic N) is 3. The third-order valence-electron chi connectivity index (χ3n) is 5.28. The third-order valence-corrected chi connectivity index (χ3v) is 6.81. The Morgan fingerprint density at radius 3 is 2.94 bits per heavy atom. The van der Waals surface area contributed by atoms with Gasteiger partial charge in [-0.15, -0.1) is 11.3 Å². The van der Waals surface area contributed by atoms with Crippen LogP contribution in [0, 0.1) is 0 Å². The van der Waals surface area contributed by atoms with Crippen molar-refractivity contribution in [2.24, 2.45) is 5.10 Å². The van der Waals surface area contributed by atoms with Gasteiger partial charge in [0.15, 0.2) is 0 Å². The van der Waals surface area contributed by atoms with Gasteiger partial charge in [-0.1, -0.05) is 11.6 Å². The SMILES string of the molecule is O=C(O)c1cc(-c2ccc(/C=N/n3cnc4sc5c(c4c3=O)CCCC5)o2)ccc1Cl. The lowest BCUT2D eigenvalue weighted by Gasteiger charge is -2.09. The molecule has 1 aliphatic rings. The number of aryl methyl sites for hydroxylation is 2. The molecular formula is C22H16ClN3O4S. The van der Waals surface area contributed by atoms with E-state index in [1.54, 1.807) is 29.5 Å². The average Bonchev–Trinajstić information content (AvgIpc) is 3.38. The summed E-state index contributed by atoms with van der Waals surface area (Å²) in [6, 6.07) is 8.04. The van der Waals surface area contributed by atoms with Gasteiger partial charge in [-0.05, 0) is 61.6 Å². The molecule has 0 radical (unpaired) electrons. The molecule has 9 heteroatoms. The van der Waals surface area contributed by atoms with Crippen LogP contribution in [0.15, 0.2) is 51.0 Å². The summed E-state index contributed by atoms with van der Waals surface area (Å²) >= 11 is 7.52. The summed E-state index contributed by atoms with van der Waals surface area (Å²) in [4.78, 5) is 30.7. The summed E-state index contributed by atoms with van der Waals surface area (Å²) in [6.07, 6.45) is 6.99. The maximum atomic E-state index is 13.0. The molecule has 1 aliphatic carbocycles. The van der Waals surface area contributed by atoms with Crippen molar-refractivity contribution in [3.05, 3.63) is 73.8 Å². The number of thiophene rings is 1. The normalized spacial score (nSPS) is 13.7. The van der Waals surface area contributed by atoms with Crippen molar-refractivity contribution < 1.29 is 14.3 Å². The van der Waals surface area contributed by atoms with Crippen LogP contribution < -0.4 is 5.56 Å². The number of aromatic nitrogens is 2. The molecule has 0 unspecified atom stereocenters. The number of halogens is 1. The molecule has 0 saturated carbocycles. The standard InChI is InChI=1S/C22H16ClN3O4S/c23-16-7-5-12(9-15(16)22(28)29)17-8-6-13(30-17)10-25-26-11-24-20-19(21(26)27)14-3-1-2-4-18(14)31-20/h5-11H,1-4H2,(H,28,29)/b25-10+. The number of hydrogen-bond donors (Lipinski definition) is 1. The Hall–Kier alpha value is -3.23. The first-order valence-electron chi connectivity index (χ1n) is 9.70. The minimum absolute atomic E-state index is 0.00388. The van der Waals surface area contributed by atoms with Gasteiger partial charge in [0.2, 0.25) is 0 Å². The van der Waals surface area contributed by atoms with Crippen molar-refractivity contribution in [2.45, 2.75) is 25.7 Å². The van der Waals surface area contributed by atoms with E-state index in [-0.39, 0.29) is 16.1 Å². The zero-order valence-corrected chi connectivity index (χ0v) is 17.7. The van der Waals surface area contributed by atoms with Crippen LogP contribution in [0.5, 0.6) is 0 Å². The van der Waals surface area contributed by atoms with Crippen LogP contribution in [0.2, 0.25) is 5.02 Å². The van der Waals surface area contributed by atoms with Crippen molar-refractivity contribution in [3.63, 3.8) is 0 Å². The van der Waals surface area contributed by atoms with E-state index in [1.165, 1.54) is 34.2 Å². The van der Waals surface area contributed by atoms with E-state index >= 15 is 0 Å². The minimum atomic E-state index is -1.11. The molecule has 0 amide bonds. The highest BCUT2D eigenvalue weighted by atomic mass is 35.5. The predicted molar refractivity (Wildman–Crippen MR) is 120 cm³/mol. The van der Waals surface area contributed by atoms with Gasteiger partial charge in [-0.25, -0.2) is 9.78 Å². The van der Waals surface area contributed by atoms with Crippen LogP contribution in [0.25, 0.3) is 21.5 Å². The highest BCUT2D eigenvalue weighted by Crippen LogP contribution is 2.33. The van der Waals surface area contributed by atoms with Gasteiger partial charge >= 0.3 is 5.97 Å². The Bertz CT molecular complexity index is 1420. The second-order valence-corrected chi connectivity index (χ2v) is 8.72. The number of furan rings is 1. The summed E-state index contributed by atoms with van der Waals surface area (Å²) < 4.78 is 6.97. The number of hydrogen-bond acceptors (Lipinski definition) is 6. The Morgan fingerprint density at radius 1 is 1.26 bits per heavy atom. The number of carboxylic acid groups (broad SMARTS) is 1. The van der Waals surface area contributed by atoms with E-state index in [2.05, 4.69) is 10.1 Å². The fraction of sp³-hybridized carbons (Fsp3) is 0.182. The Kier molecular flexibility index (Phi) is 4.95. The van der Waals surface area contributed by atoms with Gasteiger partial charge in [0.05, 0.1) is 22.2 Å². The second kappa shape index (κ2) is 7.79. The zero-order chi connectivity index (χ0) is 21.5. The molecule has 1 aromatic carbocycles. The van der Waals surface area contributed by atoms with Crippen LogP contribution in [-0.4, -0.2) is 27.0 Å². The summed E-state index contributed by atoms with van der Waals surface area (Å²) in [5.74, 6) is -0.229.